The first-order chi connectivity index (χ1) is 10.0. The van der Waals surface area contributed by atoms with Crippen molar-refractivity contribution >= 4 is 17.3 Å². The van der Waals surface area contributed by atoms with E-state index in [1.165, 1.54) is 0 Å². The largest absolute Gasteiger partial charge is 0.385 e. The van der Waals surface area contributed by atoms with Crippen molar-refractivity contribution in [3.63, 3.8) is 0 Å². The highest BCUT2D eigenvalue weighted by molar-refractivity contribution is 6.05. The number of nitrogens with one attached hydrogen (secondary N) is 2. The molecule has 1 heterocycles. The number of hydrogen-bond donors (Lipinski definition) is 2. The van der Waals surface area contributed by atoms with E-state index in [1.54, 1.807) is 4.68 Å². The second-order valence-corrected chi connectivity index (χ2v) is 5.03. The molecule has 0 saturated heterocycles. The summed E-state index contributed by atoms with van der Waals surface area (Å²) in [5, 5.41) is 10.5. The average Bonchev–Trinajstić information content (AvgIpc) is 2.79. The molecule has 0 aliphatic rings. The van der Waals surface area contributed by atoms with Gasteiger partial charge in [0.2, 0.25) is 0 Å². The molecule has 1 aromatic carbocycles. The van der Waals surface area contributed by atoms with Crippen LogP contribution >= 0.6 is 0 Å². The van der Waals surface area contributed by atoms with Crippen LogP contribution in [-0.2, 0) is 13.5 Å². The zero-order chi connectivity index (χ0) is 15.4. The van der Waals surface area contributed by atoms with Gasteiger partial charge >= 0.3 is 0 Å². The van der Waals surface area contributed by atoms with Crippen LogP contribution < -0.4 is 10.6 Å². The lowest BCUT2D eigenvalue weighted by Crippen LogP contribution is -2.14. The quantitative estimate of drug-likeness (QED) is 0.888. The molecule has 0 spiro atoms. The molecule has 0 aliphatic heterocycles. The van der Waals surface area contributed by atoms with Gasteiger partial charge in [0.1, 0.15) is 0 Å². The molecule has 0 bridgehead atoms. The fourth-order valence-corrected chi connectivity index (χ4v) is 2.32. The summed E-state index contributed by atoms with van der Waals surface area (Å²) >= 11 is 0. The number of carbonyl (C=O) groups excluding carboxylic acids is 1. The highest BCUT2D eigenvalue weighted by atomic mass is 16.1. The molecule has 0 aliphatic carbocycles. The maximum absolute atomic E-state index is 12.4. The number of rotatable bonds is 5. The lowest BCUT2D eigenvalue weighted by Gasteiger charge is -2.10. The number of nitrogens with zero attached hydrogens (tertiary/aromatic N) is 2. The molecular formula is C16H22N4O. The van der Waals surface area contributed by atoms with Gasteiger partial charge in [-0.05, 0) is 44.0 Å². The van der Waals surface area contributed by atoms with Gasteiger partial charge in [-0.3, -0.25) is 9.48 Å². The van der Waals surface area contributed by atoms with Crippen molar-refractivity contribution in [3.8, 4) is 0 Å². The molecule has 0 fully saturated rings. The van der Waals surface area contributed by atoms with Crippen molar-refractivity contribution < 1.29 is 4.79 Å². The Labute approximate surface area is 125 Å². The standard InChI is InChI=1S/C16H22N4O/c1-5-14-15(10-20(4)19-14)18-16(21)13-8-7-12(17-6-2)9-11(13)3/h7-10,17H,5-6H2,1-4H3,(H,18,21). The Balaban J connectivity index is 2.20. The molecule has 0 radical (unpaired) electrons. The Bertz CT molecular complexity index is 646. The highest BCUT2D eigenvalue weighted by Gasteiger charge is 2.13. The molecule has 5 heteroatoms. The van der Waals surface area contributed by atoms with E-state index in [0.717, 1.165) is 35.6 Å². The Kier molecular flexibility index (Phi) is 4.62. The molecular weight excluding hydrogens is 264 g/mol. The summed E-state index contributed by atoms with van der Waals surface area (Å²) in [6.07, 6.45) is 2.62. The number of anilines is 2. The van der Waals surface area contributed by atoms with Gasteiger partial charge in [0.25, 0.3) is 5.91 Å². The van der Waals surface area contributed by atoms with E-state index in [-0.39, 0.29) is 5.91 Å². The maximum atomic E-state index is 12.4. The molecule has 2 rings (SSSR count). The number of amides is 1. The van der Waals surface area contributed by atoms with Crippen LogP contribution in [0.1, 0.15) is 35.5 Å². The van der Waals surface area contributed by atoms with E-state index in [4.69, 9.17) is 0 Å². The molecule has 1 amide bonds. The van der Waals surface area contributed by atoms with Gasteiger partial charge in [-0.25, -0.2) is 0 Å². The van der Waals surface area contributed by atoms with Crippen LogP contribution in [0.2, 0.25) is 0 Å². The van der Waals surface area contributed by atoms with Gasteiger partial charge in [0.15, 0.2) is 0 Å². The second kappa shape index (κ2) is 6.43. The number of aryl methyl sites for hydroxylation is 3. The molecule has 0 unspecified atom stereocenters. The molecule has 2 aromatic rings. The van der Waals surface area contributed by atoms with Gasteiger partial charge in [-0.2, -0.15) is 5.10 Å². The zero-order valence-electron chi connectivity index (χ0n) is 13.0. The van der Waals surface area contributed by atoms with Crippen LogP contribution in [0.3, 0.4) is 0 Å². The Morgan fingerprint density at radius 1 is 1.33 bits per heavy atom. The van der Waals surface area contributed by atoms with E-state index >= 15 is 0 Å². The van der Waals surface area contributed by atoms with Crippen molar-refractivity contribution in [3.05, 3.63) is 41.2 Å². The lowest BCUT2D eigenvalue weighted by molar-refractivity contribution is 0.102. The van der Waals surface area contributed by atoms with E-state index in [2.05, 4.69) is 15.7 Å². The summed E-state index contributed by atoms with van der Waals surface area (Å²) in [5.74, 6) is -0.0988. The van der Waals surface area contributed by atoms with Crippen LogP contribution in [0.4, 0.5) is 11.4 Å². The summed E-state index contributed by atoms with van der Waals surface area (Å²) in [6.45, 7) is 6.87. The highest BCUT2D eigenvalue weighted by Crippen LogP contribution is 2.19. The number of aromatic nitrogens is 2. The third-order valence-electron chi connectivity index (χ3n) is 3.34. The van der Waals surface area contributed by atoms with Crippen molar-refractivity contribution in [1.29, 1.82) is 0 Å². The first-order valence-corrected chi connectivity index (χ1v) is 7.23. The number of benzene rings is 1. The predicted molar refractivity (Wildman–Crippen MR) is 85.9 cm³/mol. The maximum Gasteiger partial charge on any atom is 0.256 e. The van der Waals surface area contributed by atoms with Crippen LogP contribution in [0.15, 0.2) is 24.4 Å². The lowest BCUT2D eigenvalue weighted by atomic mass is 10.1. The van der Waals surface area contributed by atoms with Crippen molar-refractivity contribution in [2.24, 2.45) is 7.05 Å². The van der Waals surface area contributed by atoms with Crippen molar-refractivity contribution in [2.45, 2.75) is 27.2 Å². The summed E-state index contributed by atoms with van der Waals surface area (Å²) in [6, 6.07) is 5.77. The summed E-state index contributed by atoms with van der Waals surface area (Å²) in [5.41, 5.74) is 4.34. The molecule has 5 nitrogen and oxygen atoms in total. The summed E-state index contributed by atoms with van der Waals surface area (Å²) in [7, 11) is 1.85. The molecule has 1 aromatic heterocycles. The summed E-state index contributed by atoms with van der Waals surface area (Å²) in [4.78, 5) is 12.4. The molecule has 112 valence electrons. The Hall–Kier alpha value is -2.30. The van der Waals surface area contributed by atoms with Gasteiger partial charge in [0.05, 0.1) is 11.4 Å². The van der Waals surface area contributed by atoms with Gasteiger partial charge < -0.3 is 10.6 Å². The van der Waals surface area contributed by atoms with Crippen LogP contribution in [0, 0.1) is 6.92 Å². The van der Waals surface area contributed by atoms with Crippen LogP contribution in [0.5, 0.6) is 0 Å². The Morgan fingerprint density at radius 3 is 2.71 bits per heavy atom. The Morgan fingerprint density at radius 2 is 2.10 bits per heavy atom. The zero-order valence-corrected chi connectivity index (χ0v) is 13.0. The third kappa shape index (κ3) is 3.42. The third-order valence-corrected chi connectivity index (χ3v) is 3.34. The monoisotopic (exact) mass is 286 g/mol. The fraction of sp³-hybridized carbons (Fsp3) is 0.375. The minimum atomic E-state index is -0.0988. The summed E-state index contributed by atoms with van der Waals surface area (Å²) < 4.78 is 1.72. The van der Waals surface area contributed by atoms with Crippen molar-refractivity contribution in [1.82, 2.24) is 9.78 Å². The predicted octanol–water partition coefficient (Wildman–Crippen LogP) is 2.98. The minimum absolute atomic E-state index is 0.0988. The van der Waals surface area contributed by atoms with Crippen LogP contribution in [-0.4, -0.2) is 22.2 Å². The fourth-order valence-electron chi connectivity index (χ4n) is 2.32. The van der Waals surface area contributed by atoms with Gasteiger partial charge in [-0.1, -0.05) is 6.92 Å². The first kappa shape index (κ1) is 15.1. The SMILES string of the molecule is CCNc1ccc(C(=O)Nc2cn(C)nc2CC)c(C)c1. The smallest absolute Gasteiger partial charge is 0.256 e. The van der Waals surface area contributed by atoms with E-state index in [0.29, 0.717) is 5.56 Å². The van der Waals surface area contributed by atoms with Gasteiger partial charge in [0, 0.05) is 31.0 Å². The first-order valence-electron chi connectivity index (χ1n) is 7.23. The van der Waals surface area contributed by atoms with Crippen LogP contribution in [0.25, 0.3) is 0 Å². The van der Waals surface area contributed by atoms with E-state index in [1.807, 2.05) is 52.2 Å². The van der Waals surface area contributed by atoms with Gasteiger partial charge in [-0.15, -0.1) is 0 Å². The molecule has 21 heavy (non-hydrogen) atoms. The average molecular weight is 286 g/mol. The number of hydrogen-bond acceptors (Lipinski definition) is 3. The normalized spacial score (nSPS) is 10.5. The molecule has 0 atom stereocenters. The molecule has 0 saturated carbocycles. The minimum Gasteiger partial charge on any atom is -0.385 e. The second-order valence-electron chi connectivity index (χ2n) is 5.03. The molecule has 2 N–H and O–H groups in total. The van der Waals surface area contributed by atoms with E-state index < -0.39 is 0 Å². The van der Waals surface area contributed by atoms with Crippen molar-refractivity contribution in [2.75, 3.05) is 17.2 Å². The van der Waals surface area contributed by atoms with E-state index in [9.17, 15) is 4.79 Å². The topological polar surface area (TPSA) is 59.0 Å². The number of carbonyl (C=O) groups is 1.